The molecule has 138 valence electrons. The van der Waals surface area contributed by atoms with Gasteiger partial charge in [0.15, 0.2) is 0 Å². The number of hydrogen-bond acceptors (Lipinski definition) is 3. The standard InChI is InChI=1S/C20H21FN6/c1-12-19(17-10-25(4)22-13(17)2)24-27(16-8-6-15(21)7-9-16)20(12)18-11-26(5)23-14(18)3/h6-11H,1-5H3. The Morgan fingerprint density at radius 1 is 0.778 bits per heavy atom. The zero-order valence-corrected chi connectivity index (χ0v) is 16.0. The van der Waals surface area contributed by atoms with E-state index in [4.69, 9.17) is 5.10 Å². The highest BCUT2D eigenvalue weighted by Crippen LogP contribution is 2.35. The summed E-state index contributed by atoms with van der Waals surface area (Å²) in [6, 6.07) is 6.36. The minimum absolute atomic E-state index is 0.273. The van der Waals surface area contributed by atoms with Crippen molar-refractivity contribution in [3.63, 3.8) is 0 Å². The lowest BCUT2D eigenvalue weighted by atomic mass is 10.0. The van der Waals surface area contributed by atoms with E-state index in [9.17, 15) is 4.39 Å². The summed E-state index contributed by atoms with van der Waals surface area (Å²) in [5.41, 5.74) is 7.46. The van der Waals surface area contributed by atoms with Gasteiger partial charge in [0.2, 0.25) is 0 Å². The molecule has 4 aromatic rings. The Balaban J connectivity index is 2.02. The fourth-order valence-electron chi connectivity index (χ4n) is 3.50. The van der Waals surface area contributed by atoms with Crippen molar-refractivity contribution < 1.29 is 4.39 Å². The number of halogens is 1. The summed E-state index contributed by atoms with van der Waals surface area (Å²) in [6.07, 6.45) is 3.96. The molecular weight excluding hydrogens is 343 g/mol. The molecule has 0 unspecified atom stereocenters. The molecule has 0 fully saturated rings. The van der Waals surface area contributed by atoms with Gasteiger partial charge in [-0.1, -0.05) is 0 Å². The highest BCUT2D eigenvalue weighted by Gasteiger charge is 2.23. The van der Waals surface area contributed by atoms with E-state index >= 15 is 0 Å². The van der Waals surface area contributed by atoms with Crippen molar-refractivity contribution in [3.05, 3.63) is 59.4 Å². The third-order valence-corrected chi connectivity index (χ3v) is 4.73. The summed E-state index contributed by atoms with van der Waals surface area (Å²) in [5, 5.41) is 13.8. The molecular formula is C20H21FN6. The Labute approximate surface area is 156 Å². The molecule has 3 heterocycles. The maximum atomic E-state index is 13.4. The zero-order valence-electron chi connectivity index (χ0n) is 16.0. The summed E-state index contributed by atoms with van der Waals surface area (Å²) in [7, 11) is 3.80. The van der Waals surface area contributed by atoms with Crippen LogP contribution < -0.4 is 0 Å². The van der Waals surface area contributed by atoms with Crippen LogP contribution in [0.2, 0.25) is 0 Å². The van der Waals surface area contributed by atoms with Crippen molar-refractivity contribution in [3.8, 4) is 28.2 Å². The average molecular weight is 364 g/mol. The summed E-state index contributed by atoms with van der Waals surface area (Å²) >= 11 is 0. The van der Waals surface area contributed by atoms with E-state index in [0.717, 1.165) is 45.2 Å². The first-order chi connectivity index (χ1) is 12.8. The van der Waals surface area contributed by atoms with Gasteiger partial charge < -0.3 is 0 Å². The Kier molecular flexibility index (Phi) is 3.95. The fraction of sp³-hybridized carbons (Fsp3) is 0.250. The van der Waals surface area contributed by atoms with Crippen molar-refractivity contribution in [2.45, 2.75) is 20.8 Å². The third-order valence-electron chi connectivity index (χ3n) is 4.73. The second-order valence-electron chi connectivity index (χ2n) is 6.81. The molecule has 0 aliphatic rings. The van der Waals surface area contributed by atoms with E-state index in [-0.39, 0.29) is 5.82 Å². The first-order valence-electron chi connectivity index (χ1n) is 8.72. The van der Waals surface area contributed by atoms with Crippen LogP contribution in [0.25, 0.3) is 28.2 Å². The number of aryl methyl sites for hydroxylation is 4. The van der Waals surface area contributed by atoms with E-state index in [0.29, 0.717) is 0 Å². The molecule has 0 spiro atoms. The normalized spacial score (nSPS) is 11.3. The summed E-state index contributed by atoms with van der Waals surface area (Å²) < 4.78 is 18.9. The summed E-state index contributed by atoms with van der Waals surface area (Å²) in [4.78, 5) is 0. The van der Waals surface area contributed by atoms with Crippen LogP contribution in [0.3, 0.4) is 0 Å². The van der Waals surface area contributed by atoms with Crippen molar-refractivity contribution in [1.29, 1.82) is 0 Å². The van der Waals surface area contributed by atoms with Gasteiger partial charge in [-0.05, 0) is 45.0 Å². The van der Waals surface area contributed by atoms with Crippen molar-refractivity contribution in [2.75, 3.05) is 0 Å². The smallest absolute Gasteiger partial charge is 0.123 e. The van der Waals surface area contributed by atoms with Gasteiger partial charge in [-0.25, -0.2) is 9.07 Å². The molecule has 0 aliphatic heterocycles. The fourth-order valence-corrected chi connectivity index (χ4v) is 3.50. The van der Waals surface area contributed by atoms with Gasteiger partial charge in [0.25, 0.3) is 0 Å². The minimum Gasteiger partial charge on any atom is -0.275 e. The lowest BCUT2D eigenvalue weighted by Crippen LogP contribution is -2.00. The SMILES string of the molecule is Cc1nn(C)cc1-c1nn(-c2ccc(F)cc2)c(-c2cn(C)nc2C)c1C. The number of nitrogens with zero attached hydrogens (tertiary/aromatic N) is 6. The molecule has 7 heteroatoms. The van der Waals surface area contributed by atoms with Crippen LogP contribution in [0.5, 0.6) is 0 Å². The molecule has 0 radical (unpaired) electrons. The Morgan fingerprint density at radius 2 is 1.33 bits per heavy atom. The van der Waals surface area contributed by atoms with Gasteiger partial charge in [0.1, 0.15) is 5.82 Å². The maximum absolute atomic E-state index is 13.4. The molecule has 0 N–H and O–H groups in total. The highest BCUT2D eigenvalue weighted by molar-refractivity contribution is 5.77. The molecule has 0 aliphatic carbocycles. The van der Waals surface area contributed by atoms with Gasteiger partial charge in [0, 0.05) is 43.2 Å². The maximum Gasteiger partial charge on any atom is 0.123 e. The molecule has 3 aromatic heterocycles. The average Bonchev–Trinajstić information content (AvgIpc) is 3.23. The first-order valence-corrected chi connectivity index (χ1v) is 8.72. The summed E-state index contributed by atoms with van der Waals surface area (Å²) in [5.74, 6) is -0.273. The Morgan fingerprint density at radius 3 is 1.85 bits per heavy atom. The van der Waals surface area contributed by atoms with Gasteiger partial charge in [-0.3, -0.25) is 9.36 Å². The molecule has 0 saturated heterocycles. The number of rotatable bonds is 3. The number of benzene rings is 1. The van der Waals surface area contributed by atoms with Crippen LogP contribution in [0, 0.1) is 26.6 Å². The largest absolute Gasteiger partial charge is 0.275 e. The summed E-state index contributed by atoms with van der Waals surface area (Å²) in [6.45, 7) is 6.00. The van der Waals surface area contributed by atoms with Crippen molar-refractivity contribution in [2.24, 2.45) is 14.1 Å². The molecule has 1 aromatic carbocycles. The molecule has 0 atom stereocenters. The monoisotopic (exact) mass is 364 g/mol. The lowest BCUT2D eigenvalue weighted by Gasteiger charge is -2.07. The van der Waals surface area contributed by atoms with E-state index in [2.05, 4.69) is 17.1 Å². The van der Waals surface area contributed by atoms with Crippen LogP contribution >= 0.6 is 0 Å². The van der Waals surface area contributed by atoms with Crippen LogP contribution in [0.15, 0.2) is 36.7 Å². The second-order valence-corrected chi connectivity index (χ2v) is 6.81. The predicted octanol–water partition coefficient (Wildman–Crippen LogP) is 3.74. The molecule has 0 amide bonds. The number of aromatic nitrogens is 6. The highest BCUT2D eigenvalue weighted by atomic mass is 19.1. The van der Waals surface area contributed by atoms with E-state index < -0.39 is 0 Å². The van der Waals surface area contributed by atoms with E-state index in [1.807, 2.05) is 45.0 Å². The van der Waals surface area contributed by atoms with Crippen molar-refractivity contribution in [1.82, 2.24) is 29.3 Å². The third kappa shape index (κ3) is 2.85. The first kappa shape index (κ1) is 17.2. The molecule has 0 saturated carbocycles. The molecule has 6 nitrogen and oxygen atoms in total. The van der Waals surface area contributed by atoms with Gasteiger partial charge in [-0.2, -0.15) is 15.3 Å². The van der Waals surface area contributed by atoms with Crippen LogP contribution in [0.1, 0.15) is 17.0 Å². The van der Waals surface area contributed by atoms with Crippen LogP contribution in [0.4, 0.5) is 4.39 Å². The molecule has 0 bridgehead atoms. The van der Waals surface area contributed by atoms with E-state index in [1.165, 1.54) is 12.1 Å². The zero-order chi connectivity index (χ0) is 19.3. The lowest BCUT2D eigenvalue weighted by molar-refractivity contribution is 0.627. The second kappa shape index (κ2) is 6.19. The van der Waals surface area contributed by atoms with E-state index in [1.54, 1.807) is 21.5 Å². The molecule has 27 heavy (non-hydrogen) atoms. The molecule has 4 rings (SSSR count). The van der Waals surface area contributed by atoms with Gasteiger partial charge >= 0.3 is 0 Å². The quantitative estimate of drug-likeness (QED) is 0.556. The topological polar surface area (TPSA) is 53.5 Å². The van der Waals surface area contributed by atoms with Crippen LogP contribution in [-0.4, -0.2) is 29.3 Å². The van der Waals surface area contributed by atoms with Gasteiger partial charge in [0.05, 0.1) is 28.5 Å². The number of hydrogen-bond donors (Lipinski definition) is 0. The Bertz CT molecular complexity index is 1130. The van der Waals surface area contributed by atoms with Gasteiger partial charge in [-0.15, -0.1) is 0 Å². The van der Waals surface area contributed by atoms with Crippen LogP contribution in [-0.2, 0) is 14.1 Å². The predicted molar refractivity (Wildman–Crippen MR) is 102 cm³/mol. The Hall–Kier alpha value is -3.22. The minimum atomic E-state index is -0.273. The van der Waals surface area contributed by atoms with Crippen molar-refractivity contribution >= 4 is 0 Å².